The molecule has 0 bridgehead atoms. The van der Waals surface area contributed by atoms with Crippen molar-refractivity contribution in [3.63, 3.8) is 0 Å². The summed E-state index contributed by atoms with van der Waals surface area (Å²) in [7, 11) is 3.39. The zero-order chi connectivity index (χ0) is 15.2. The molecular weight excluding hydrogens is 266 g/mol. The quantitative estimate of drug-likeness (QED) is 0.763. The first-order valence-corrected chi connectivity index (χ1v) is 6.89. The molecule has 0 spiro atoms. The summed E-state index contributed by atoms with van der Waals surface area (Å²) in [5.41, 5.74) is 2.65. The SMILES string of the molecule is COC(=O)CCCN(C)Cc1cn2ccccc2c1C#N. The first kappa shape index (κ1) is 15.1. The Balaban J connectivity index is 2.02. The third kappa shape index (κ3) is 3.61. The Bertz CT molecular complexity index is 670. The lowest BCUT2D eigenvalue weighted by Gasteiger charge is -2.15. The van der Waals surface area contributed by atoms with Crippen LogP contribution in [0.25, 0.3) is 5.52 Å². The Labute approximate surface area is 124 Å². The monoisotopic (exact) mass is 285 g/mol. The Morgan fingerprint density at radius 3 is 3.00 bits per heavy atom. The largest absolute Gasteiger partial charge is 0.469 e. The van der Waals surface area contributed by atoms with Crippen molar-refractivity contribution in [2.45, 2.75) is 19.4 Å². The van der Waals surface area contributed by atoms with E-state index in [0.717, 1.165) is 29.6 Å². The Hall–Kier alpha value is -2.32. The molecule has 2 rings (SSSR count). The van der Waals surface area contributed by atoms with Crippen molar-refractivity contribution in [2.75, 3.05) is 20.7 Å². The van der Waals surface area contributed by atoms with Gasteiger partial charge in [-0.05, 0) is 32.1 Å². The summed E-state index contributed by atoms with van der Waals surface area (Å²) >= 11 is 0. The molecule has 5 nitrogen and oxygen atoms in total. The van der Waals surface area contributed by atoms with Crippen LogP contribution in [0.3, 0.4) is 0 Å². The highest BCUT2D eigenvalue weighted by atomic mass is 16.5. The molecule has 0 fully saturated rings. The normalized spacial score (nSPS) is 10.8. The fourth-order valence-electron chi connectivity index (χ4n) is 2.39. The van der Waals surface area contributed by atoms with Gasteiger partial charge in [0.1, 0.15) is 6.07 Å². The molecule has 0 atom stereocenters. The van der Waals surface area contributed by atoms with Gasteiger partial charge in [0.05, 0.1) is 18.2 Å². The standard InChI is InChI=1S/C16H19N3O2/c1-18(8-5-7-16(20)21-2)11-13-12-19-9-4-3-6-15(19)14(13)10-17/h3-4,6,9,12H,5,7-8,11H2,1-2H3. The predicted octanol–water partition coefficient (Wildman–Crippen LogP) is 2.20. The van der Waals surface area contributed by atoms with Crippen LogP contribution in [-0.2, 0) is 16.1 Å². The minimum atomic E-state index is -0.185. The fraction of sp³-hybridized carbons (Fsp3) is 0.375. The van der Waals surface area contributed by atoms with E-state index in [1.165, 1.54) is 7.11 Å². The number of ether oxygens (including phenoxy) is 1. The fourth-order valence-corrected chi connectivity index (χ4v) is 2.39. The van der Waals surface area contributed by atoms with Gasteiger partial charge >= 0.3 is 5.97 Å². The van der Waals surface area contributed by atoms with E-state index >= 15 is 0 Å². The molecular formula is C16H19N3O2. The smallest absolute Gasteiger partial charge is 0.305 e. The number of fused-ring (bicyclic) bond motifs is 1. The van der Waals surface area contributed by atoms with Crippen molar-refractivity contribution in [1.82, 2.24) is 9.30 Å². The number of hydrogen-bond acceptors (Lipinski definition) is 4. The molecule has 0 unspecified atom stereocenters. The second kappa shape index (κ2) is 6.91. The second-order valence-corrected chi connectivity index (χ2v) is 5.05. The molecule has 0 aliphatic carbocycles. The lowest BCUT2D eigenvalue weighted by Crippen LogP contribution is -2.20. The van der Waals surface area contributed by atoms with Gasteiger partial charge in [-0.25, -0.2) is 0 Å². The molecule has 0 aliphatic heterocycles. The summed E-state index contributed by atoms with van der Waals surface area (Å²) in [5.74, 6) is -0.185. The molecule has 0 aromatic carbocycles. The van der Waals surface area contributed by atoms with Crippen LogP contribution in [0.2, 0.25) is 0 Å². The summed E-state index contributed by atoms with van der Waals surface area (Å²) in [6.07, 6.45) is 5.10. The van der Waals surface area contributed by atoms with Crippen LogP contribution in [0, 0.1) is 11.3 Å². The van der Waals surface area contributed by atoms with Gasteiger partial charge < -0.3 is 14.0 Å². The molecule has 0 radical (unpaired) electrons. The highest BCUT2D eigenvalue weighted by molar-refractivity contribution is 5.69. The van der Waals surface area contributed by atoms with Crippen molar-refractivity contribution in [3.8, 4) is 6.07 Å². The molecule has 5 heteroatoms. The van der Waals surface area contributed by atoms with E-state index in [4.69, 9.17) is 0 Å². The number of esters is 1. The van der Waals surface area contributed by atoms with Gasteiger partial charge in [-0.3, -0.25) is 4.79 Å². The zero-order valence-electron chi connectivity index (χ0n) is 12.4. The Morgan fingerprint density at radius 2 is 2.29 bits per heavy atom. The summed E-state index contributed by atoms with van der Waals surface area (Å²) in [6, 6.07) is 8.10. The lowest BCUT2D eigenvalue weighted by molar-refractivity contribution is -0.140. The summed E-state index contributed by atoms with van der Waals surface area (Å²) in [6.45, 7) is 1.47. The predicted molar refractivity (Wildman–Crippen MR) is 79.7 cm³/mol. The van der Waals surface area contributed by atoms with Gasteiger partial charge in [0.2, 0.25) is 0 Å². The Morgan fingerprint density at radius 1 is 1.48 bits per heavy atom. The molecule has 0 N–H and O–H groups in total. The van der Waals surface area contributed by atoms with Crippen LogP contribution in [0.4, 0.5) is 0 Å². The van der Waals surface area contributed by atoms with E-state index in [2.05, 4.69) is 15.7 Å². The molecule has 0 saturated heterocycles. The maximum Gasteiger partial charge on any atom is 0.305 e. The van der Waals surface area contributed by atoms with E-state index in [1.54, 1.807) is 0 Å². The van der Waals surface area contributed by atoms with Crippen LogP contribution in [0.1, 0.15) is 24.0 Å². The van der Waals surface area contributed by atoms with Gasteiger partial charge in [-0.2, -0.15) is 5.26 Å². The van der Waals surface area contributed by atoms with Crippen molar-refractivity contribution in [3.05, 3.63) is 41.7 Å². The van der Waals surface area contributed by atoms with Crippen molar-refractivity contribution in [1.29, 1.82) is 5.26 Å². The van der Waals surface area contributed by atoms with Crippen molar-refractivity contribution < 1.29 is 9.53 Å². The minimum Gasteiger partial charge on any atom is -0.469 e. The van der Waals surface area contributed by atoms with Crippen LogP contribution in [-0.4, -0.2) is 36.0 Å². The maximum atomic E-state index is 11.1. The molecule has 0 saturated carbocycles. The highest BCUT2D eigenvalue weighted by Gasteiger charge is 2.12. The number of carbonyl (C=O) groups excluding carboxylic acids is 1. The molecule has 110 valence electrons. The third-order valence-electron chi connectivity index (χ3n) is 3.46. The number of carbonyl (C=O) groups is 1. The number of methoxy groups -OCH3 is 1. The maximum absolute atomic E-state index is 11.1. The van der Waals surface area contributed by atoms with Gasteiger partial charge in [0.15, 0.2) is 0 Å². The Kier molecular flexibility index (Phi) is 4.96. The van der Waals surface area contributed by atoms with Crippen molar-refractivity contribution >= 4 is 11.5 Å². The van der Waals surface area contributed by atoms with Gasteiger partial charge in [0.25, 0.3) is 0 Å². The number of nitriles is 1. The van der Waals surface area contributed by atoms with E-state index in [9.17, 15) is 10.1 Å². The first-order chi connectivity index (χ1) is 10.2. The number of pyridine rings is 1. The highest BCUT2D eigenvalue weighted by Crippen LogP contribution is 2.19. The first-order valence-electron chi connectivity index (χ1n) is 6.89. The molecule has 2 aromatic rings. The van der Waals surface area contributed by atoms with E-state index in [0.29, 0.717) is 13.0 Å². The lowest BCUT2D eigenvalue weighted by atomic mass is 10.1. The summed E-state index contributed by atoms with van der Waals surface area (Å²) in [5, 5.41) is 9.36. The number of aromatic nitrogens is 1. The summed E-state index contributed by atoms with van der Waals surface area (Å²) < 4.78 is 6.59. The topological polar surface area (TPSA) is 57.7 Å². The molecule has 2 heterocycles. The van der Waals surface area contributed by atoms with Crippen LogP contribution in [0.5, 0.6) is 0 Å². The summed E-state index contributed by atoms with van der Waals surface area (Å²) in [4.78, 5) is 13.2. The van der Waals surface area contributed by atoms with E-state index in [1.807, 2.05) is 42.0 Å². The van der Waals surface area contributed by atoms with E-state index < -0.39 is 0 Å². The third-order valence-corrected chi connectivity index (χ3v) is 3.46. The zero-order valence-corrected chi connectivity index (χ0v) is 12.4. The number of rotatable bonds is 6. The van der Waals surface area contributed by atoms with Crippen LogP contribution in [0.15, 0.2) is 30.6 Å². The average molecular weight is 285 g/mol. The van der Waals surface area contributed by atoms with Crippen LogP contribution >= 0.6 is 0 Å². The molecule has 2 aromatic heterocycles. The van der Waals surface area contributed by atoms with Crippen molar-refractivity contribution in [2.24, 2.45) is 0 Å². The molecule has 0 amide bonds. The van der Waals surface area contributed by atoms with E-state index in [-0.39, 0.29) is 5.97 Å². The second-order valence-electron chi connectivity index (χ2n) is 5.05. The average Bonchev–Trinajstić information content (AvgIpc) is 2.83. The molecule has 21 heavy (non-hydrogen) atoms. The number of hydrogen-bond donors (Lipinski definition) is 0. The minimum absolute atomic E-state index is 0.185. The van der Waals surface area contributed by atoms with Gasteiger partial charge in [0, 0.05) is 30.9 Å². The van der Waals surface area contributed by atoms with Gasteiger partial charge in [-0.1, -0.05) is 6.07 Å². The molecule has 0 aliphatic rings. The van der Waals surface area contributed by atoms with Crippen LogP contribution < -0.4 is 0 Å². The number of nitrogens with zero attached hydrogens (tertiary/aromatic N) is 3. The van der Waals surface area contributed by atoms with Gasteiger partial charge in [-0.15, -0.1) is 0 Å².